The van der Waals surface area contributed by atoms with Crippen LogP contribution in [0.2, 0.25) is 0 Å². The van der Waals surface area contributed by atoms with E-state index in [4.69, 9.17) is 0 Å². The maximum atomic E-state index is 12.6. The largest absolute Gasteiger partial charge is 0.393 e. The van der Waals surface area contributed by atoms with Crippen LogP contribution in [-0.2, 0) is 11.2 Å². The predicted molar refractivity (Wildman–Crippen MR) is 97.6 cm³/mol. The second-order valence-corrected chi connectivity index (χ2v) is 7.51. The molecule has 1 N–H and O–H groups in total. The minimum atomic E-state index is -0.244. The number of aromatic nitrogens is 4. The first kappa shape index (κ1) is 18.5. The molecule has 26 heavy (non-hydrogen) atoms. The number of hydrogen-bond acceptors (Lipinski definition) is 5. The summed E-state index contributed by atoms with van der Waals surface area (Å²) < 4.78 is 1.58. The van der Waals surface area contributed by atoms with Crippen LogP contribution in [0.5, 0.6) is 0 Å². The summed E-state index contributed by atoms with van der Waals surface area (Å²) in [6, 6.07) is 7.70. The van der Waals surface area contributed by atoms with Crippen molar-refractivity contribution in [1.29, 1.82) is 0 Å². The Morgan fingerprint density at radius 3 is 2.50 bits per heavy atom. The van der Waals surface area contributed by atoms with Crippen LogP contribution in [-0.4, -0.2) is 55.3 Å². The molecule has 1 aliphatic heterocycles. The third-order valence-electron chi connectivity index (χ3n) is 5.05. The number of carbonyl (C=O) groups excluding carboxylic acids is 1. The average Bonchev–Trinajstić information content (AvgIpc) is 3.16. The quantitative estimate of drug-likeness (QED) is 0.853. The Balaban J connectivity index is 1.50. The number of rotatable bonds is 6. The number of tetrazole rings is 1. The highest BCUT2D eigenvalue weighted by Gasteiger charge is 2.27. The molecule has 0 unspecified atom stereocenters. The van der Waals surface area contributed by atoms with Crippen LogP contribution in [0.1, 0.15) is 38.7 Å². The molecule has 1 aliphatic rings. The molecule has 7 heteroatoms. The van der Waals surface area contributed by atoms with Gasteiger partial charge in [-0.3, -0.25) is 4.79 Å². The normalized spacial score (nSPS) is 16.8. The number of likely N-dealkylation sites (tertiary alicyclic amines) is 1. The molecule has 0 spiro atoms. The number of piperidine rings is 1. The first-order chi connectivity index (χ1) is 12.5. The van der Waals surface area contributed by atoms with Crippen LogP contribution >= 0.6 is 0 Å². The number of aliphatic hydroxyl groups is 1. The van der Waals surface area contributed by atoms with E-state index in [2.05, 4.69) is 29.4 Å². The molecule has 2 heterocycles. The summed E-state index contributed by atoms with van der Waals surface area (Å²) in [6.45, 7) is 5.74. The van der Waals surface area contributed by atoms with E-state index >= 15 is 0 Å². The number of carbonyl (C=O) groups is 1. The van der Waals surface area contributed by atoms with Gasteiger partial charge in [0.05, 0.1) is 18.2 Å². The molecule has 1 saturated heterocycles. The van der Waals surface area contributed by atoms with Gasteiger partial charge in [0.15, 0.2) is 0 Å². The average molecular weight is 357 g/mol. The molecule has 1 atom stereocenters. The number of amides is 1. The van der Waals surface area contributed by atoms with Crippen LogP contribution in [0.15, 0.2) is 30.6 Å². The van der Waals surface area contributed by atoms with Crippen molar-refractivity contribution in [3.8, 4) is 5.69 Å². The first-order valence-corrected chi connectivity index (χ1v) is 9.31. The van der Waals surface area contributed by atoms with Gasteiger partial charge in [0.2, 0.25) is 5.91 Å². The summed E-state index contributed by atoms with van der Waals surface area (Å²) in [6.07, 6.45) is 4.31. The molecule has 0 aliphatic carbocycles. The molecule has 1 fully saturated rings. The van der Waals surface area contributed by atoms with Gasteiger partial charge in [-0.05, 0) is 59.2 Å². The van der Waals surface area contributed by atoms with Crippen molar-refractivity contribution in [2.24, 2.45) is 11.8 Å². The predicted octanol–water partition coefficient (Wildman–Crippen LogP) is 1.85. The van der Waals surface area contributed by atoms with E-state index < -0.39 is 0 Å². The van der Waals surface area contributed by atoms with E-state index in [1.54, 1.807) is 4.68 Å². The van der Waals surface area contributed by atoms with E-state index in [1.807, 2.05) is 29.2 Å². The third-order valence-corrected chi connectivity index (χ3v) is 5.05. The highest BCUT2D eigenvalue weighted by Crippen LogP contribution is 2.25. The third kappa shape index (κ3) is 4.66. The highest BCUT2D eigenvalue weighted by atomic mass is 16.3. The van der Waals surface area contributed by atoms with E-state index in [9.17, 15) is 9.90 Å². The molecule has 2 aromatic rings. The Hall–Kier alpha value is -2.28. The molecule has 1 aromatic carbocycles. The summed E-state index contributed by atoms with van der Waals surface area (Å²) in [4.78, 5) is 14.5. The zero-order valence-corrected chi connectivity index (χ0v) is 15.5. The van der Waals surface area contributed by atoms with Gasteiger partial charge in [-0.2, -0.15) is 0 Å². The van der Waals surface area contributed by atoms with Crippen molar-refractivity contribution >= 4 is 5.91 Å². The zero-order chi connectivity index (χ0) is 18.5. The molecular formula is C19H27N5O2. The zero-order valence-electron chi connectivity index (χ0n) is 15.5. The van der Waals surface area contributed by atoms with Crippen LogP contribution in [0.3, 0.4) is 0 Å². The maximum Gasteiger partial charge on any atom is 0.226 e. The van der Waals surface area contributed by atoms with E-state index in [-0.39, 0.29) is 12.0 Å². The number of hydrogen-bond donors (Lipinski definition) is 1. The maximum absolute atomic E-state index is 12.6. The second-order valence-electron chi connectivity index (χ2n) is 7.51. The minimum absolute atomic E-state index is 0.150. The number of nitrogens with zero attached hydrogens (tertiary/aromatic N) is 5. The van der Waals surface area contributed by atoms with Gasteiger partial charge in [-0.25, -0.2) is 4.68 Å². The smallest absolute Gasteiger partial charge is 0.226 e. The summed E-state index contributed by atoms with van der Waals surface area (Å²) in [5.74, 6) is 0.968. The fourth-order valence-electron chi connectivity index (χ4n) is 3.54. The van der Waals surface area contributed by atoms with Crippen molar-refractivity contribution in [2.45, 2.75) is 45.6 Å². The Kier molecular flexibility index (Phi) is 5.98. The lowest BCUT2D eigenvalue weighted by Gasteiger charge is -2.34. The van der Waals surface area contributed by atoms with Crippen molar-refractivity contribution in [3.63, 3.8) is 0 Å². The van der Waals surface area contributed by atoms with Gasteiger partial charge in [-0.15, -0.1) is 5.10 Å². The van der Waals surface area contributed by atoms with Crippen molar-refractivity contribution < 1.29 is 9.90 Å². The summed E-state index contributed by atoms with van der Waals surface area (Å²) in [5.41, 5.74) is 1.85. The van der Waals surface area contributed by atoms with Crippen molar-refractivity contribution in [1.82, 2.24) is 25.1 Å². The Morgan fingerprint density at radius 1 is 1.23 bits per heavy atom. The van der Waals surface area contributed by atoms with Gasteiger partial charge in [0.25, 0.3) is 0 Å². The molecule has 7 nitrogen and oxygen atoms in total. The minimum Gasteiger partial charge on any atom is -0.393 e. The Morgan fingerprint density at radius 2 is 1.92 bits per heavy atom. The van der Waals surface area contributed by atoms with Gasteiger partial charge in [0.1, 0.15) is 6.33 Å². The number of aliphatic hydroxyl groups excluding tert-OH is 1. The van der Waals surface area contributed by atoms with Gasteiger partial charge in [0, 0.05) is 13.1 Å². The molecule has 0 radical (unpaired) electrons. The number of benzene rings is 1. The SMILES string of the molecule is CC(C)C[C@@H](O)C1CCN(C(=O)Cc2ccc(-n3cnnn3)cc2)CC1. The van der Waals surface area contributed by atoms with E-state index in [1.165, 1.54) is 6.33 Å². The van der Waals surface area contributed by atoms with Crippen LogP contribution in [0, 0.1) is 11.8 Å². The molecule has 0 bridgehead atoms. The van der Waals surface area contributed by atoms with Crippen LogP contribution < -0.4 is 0 Å². The summed E-state index contributed by atoms with van der Waals surface area (Å²) in [5, 5.41) is 21.4. The molecule has 1 amide bonds. The first-order valence-electron chi connectivity index (χ1n) is 9.31. The molecule has 0 saturated carbocycles. The van der Waals surface area contributed by atoms with Crippen molar-refractivity contribution in [3.05, 3.63) is 36.2 Å². The van der Waals surface area contributed by atoms with E-state index in [0.29, 0.717) is 18.3 Å². The lowest BCUT2D eigenvalue weighted by molar-refractivity contribution is -0.132. The van der Waals surface area contributed by atoms with E-state index in [0.717, 1.165) is 43.6 Å². The van der Waals surface area contributed by atoms with Crippen LogP contribution in [0.25, 0.3) is 5.69 Å². The van der Waals surface area contributed by atoms with Crippen LogP contribution in [0.4, 0.5) is 0 Å². The Labute approximate surface area is 154 Å². The van der Waals surface area contributed by atoms with Crippen molar-refractivity contribution in [2.75, 3.05) is 13.1 Å². The van der Waals surface area contributed by atoms with Gasteiger partial charge in [-0.1, -0.05) is 26.0 Å². The fourth-order valence-corrected chi connectivity index (χ4v) is 3.54. The monoisotopic (exact) mass is 357 g/mol. The Bertz CT molecular complexity index is 691. The topological polar surface area (TPSA) is 84.1 Å². The molecule has 3 rings (SSSR count). The second kappa shape index (κ2) is 8.40. The highest BCUT2D eigenvalue weighted by molar-refractivity contribution is 5.78. The van der Waals surface area contributed by atoms with Gasteiger partial charge >= 0.3 is 0 Å². The molecular weight excluding hydrogens is 330 g/mol. The standard InChI is InChI=1S/C19H27N5O2/c1-14(2)11-18(25)16-7-9-23(10-8-16)19(26)12-15-3-5-17(6-4-15)24-13-20-21-22-24/h3-6,13-14,16,18,25H,7-12H2,1-2H3/t18-/m1/s1. The summed E-state index contributed by atoms with van der Waals surface area (Å²) in [7, 11) is 0. The summed E-state index contributed by atoms with van der Waals surface area (Å²) >= 11 is 0. The molecule has 1 aromatic heterocycles. The van der Waals surface area contributed by atoms with Gasteiger partial charge < -0.3 is 10.0 Å². The fraction of sp³-hybridized carbons (Fsp3) is 0.579. The lowest BCUT2D eigenvalue weighted by atomic mass is 9.87. The lowest BCUT2D eigenvalue weighted by Crippen LogP contribution is -2.42. The molecule has 140 valence electrons.